The number of sulfonamides is 1. The third kappa shape index (κ3) is 6.23. The van der Waals surface area contributed by atoms with E-state index in [2.05, 4.69) is 15.4 Å². The minimum absolute atomic E-state index is 0.0595. The van der Waals surface area contributed by atoms with Crippen molar-refractivity contribution < 1.29 is 18.0 Å². The predicted octanol–water partition coefficient (Wildman–Crippen LogP) is 4.63. The maximum absolute atomic E-state index is 12.8. The van der Waals surface area contributed by atoms with Crippen molar-refractivity contribution in [3.8, 4) is 0 Å². The first-order valence-electron chi connectivity index (χ1n) is 10.9. The molecule has 0 aliphatic carbocycles. The van der Waals surface area contributed by atoms with Crippen LogP contribution in [0.2, 0.25) is 0 Å². The van der Waals surface area contributed by atoms with Crippen LogP contribution >= 0.6 is 0 Å². The standard InChI is InChI=1S/C26H29N3O4S/c1-17(2)25(30)28-22-12-8-20(9-13-22)16-27-26(31)21-10-14-23(15-11-21)34(32,33)29-24-7-5-6-18(3)19(24)4/h5-15,17,29H,16H2,1-4H3,(H,27,31)(H,28,30). The van der Waals surface area contributed by atoms with Crippen molar-refractivity contribution in [1.29, 1.82) is 0 Å². The van der Waals surface area contributed by atoms with Crippen LogP contribution in [-0.4, -0.2) is 20.2 Å². The fourth-order valence-electron chi connectivity index (χ4n) is 3.13. The van der Waals surface area contributed by atoms with Gasteiger partial charge in [-0.3, -0.25) is 14.3 Å². The molecule has 2 amide bonds. The van der Waals surface area contributed by atoms with Gasteiger partial charge in [0.15, 0.2) is 0 Å². The van der Waals surface area contributed by atoms with Crippen LogP contribution in [0.5, 0.6) is 0 Å². The van der Waals surface area contributed by atoms with Crippen molar-refractivity contribution in [2.45, 2.75) is 39.1 Å². The first kappa shape index (κ1) is 25.0. The van der Waals surface area contributed by atoms with Crippen molar-refractivity contribution in [2.75, 3.05) is 10.0 Å². The molecule has 7 nitrogen and oxygen atoms in total. The van der Waals surface area contributed by atoms with E-state index in [9.17, 15) is 18.0 Å². The average Bonchev–Trinajstić information content (AvgIpc) is 2.81. The Balaban J connectivity index is 1.60. The number of aryl methyl sites for hydroxylation is 1. The van der Waals surface area contributed by atoms with Crippen molar-refractivity contribution in [1.82, 2.24) is 5.32 Å². The van der Waals surface area contributed by atoms with E-state index in [1.165, 1.54) is 24.3 Å². The van der Waals surface area contributed by atoms with Crippen LogP contribution in [-0.2, 0) is 21.4 Å². The summed E-state index contributed by atoms with van der Waals surface area (Å²) < 4.78 is 28.1. The zero-order valence-corrected chi connectivity index (χ0v) is 20.5. The number of nitrogens with one attached hydrogen (secondary N) is 3. The van der Waals surface area contributed by atoms with Gasteiger partial charge in [-0.1, -0.05) is 38.1 Å². The average molecular weight is 480 g/mol. The molecular formula is C26H29N3O4S. The zero-order valence-electron chi connectivity index (χ0n) is 19.7. The molecule has 3 aromatic carbocycles. The lowest BCUT2D eigenvalue weighted by molar-refractivity contribution is -0.118. The van der Waals surface area contributed by atoms with Gasteiger partial charge < -0.3 is 10.6 Å². The number of benzene rings is 3. The van der Waals surface area contributed by atoms with Crippen LogP contribution in [0.25, 0.3) is 0 Å². The Morgan fingerprint density at radius 1 is 0.882 bits per heavy atom. The van der Waals surface area contributed by atoms with Gasteiger partial charge in [0.25, 0.3) is 15.9 Å². The Morgan fingerprint density at radius 2 is 1.53 bits per heavy atom. The van der Waals surface area contributed by atoms with E-state index < -0.39 is 10.0 Å². The van der Waals surface area contributed by atoms with Gasteiger partial charge in [-0.05, 0) is 73.0 Å². The van der Waals surface area contributed by atoms with E-state index in [4.69, 9.17) is 0 Å². The molecule has 0 aliphatic heterocycles. The van der Waals surface area contributed by atoms with E-state index in [1.54, 1.807) is 24.3 Å². The Bertz CT molecular complexity index is 1280. The summed E-state index contributed by atoms with van der Waals surface area (Å²) in [7, 11) is -3.78. The lowest BCUT2D eigenvalue weighted by atomic mass is 10.1. The largest absolute Gasteiger partial charge is 0.348 e. The molecule has 0 atom stereocenters. The zero-order chi connectivity index (χ0) is 24.9. The Morgan fingerprint density at radius 3 is 2.15 bits per heavy atom. The molecule has 0 saturated carbocycles. The Labute approximate surface area is 200 Å². The summed E-state index contributed by atoms with van der Waals surface area (Å²) in [5, 5.41) is 5.63. The third-order valence-corrected chi connectivity index (χ3v) is 6.86. The van der Waals surface area contributed by atoms with Crippen LogP contribution < -0.4 is 15.4 Å². The van der Waals surface area contributed by atoms with Crippen LogP contribution in [0.1, 0.15) is 40.9 Å². The smallest absolute Gasteiger partial charge is 0.261 e. The van der Waals surface area contributed by atoms with Crippen molar-refractivity contribution in [3.05, 3.63) is 89.0 Å². The third-order valence-electron chi connectivity index (χ3n) is 5.47. The second kappa shape index (κ2) is 10.5. The van der Waals surface area contributed by atoms with Crippen molar-refractivity contribution in [2.24, 2.45) is 5.92 Å². The molecule has 0 heterocycles. The summed E-state index contributed by atoms with van der Waals surface area (Å²) in [6.45, 7) is 7.71. The van der Waals surface area contributed by atoms with Crippen LogP contribution in [0.3, 0.4) is 0 Å². The normalized spacial score (nSPS) is 11.2. The molecule has 0 bridgehead atoms. The molecule has 0 aliphatic rings. The van der Waals surface area contributed by atoms with Gasteiger partial charge in [-0.2, -0.15) is 0 Å². The van der Waals surface area contributed by atoms with E-state index in [-0.39, 0.29) is 22.6 Å². The van der Waals surface area contributed by atoms with Gasteiger partial charge in [0, 0.05) is 23.7 Å². The van der Waals surface area contributed by atoms with Crippen molar-refractivity contribution >= 4 is 33.2 Å². The molecule has 0 saturated heterocycles. The molecule has 34 heavy (non-hydrogen) atoms. The number of rotatable bonds is 8. The SMILES string of the molecule is Cc1cccc(NS(=O)(=O)c2ccc(C(=O)NCc3ccc(NC(=O)C(C)C)cc3)cc2)c1C. The number of hydrogen-bond donors (Lipinski definition) is 3. The number of carbonyl (C=O) groups is 2. The molecule has 0 aromatic heterocycles. The molecule has 0 radical (unpaired) electrons. The van der Waals surface area contributed by atoms with Crippen molar-refractivity contribution in [3.63, 3.8) is 0 Å². The maximum Gasteiger partial charge on any atom is 0.261 e. The number of hydrogen-bond acceptors (Lipinski definition) is 4. The molecule has 3 N–H and O–H groups in total. The van der Waals surface area contributed by atoms with Crippen LogP contribution in [0.4, 0.5) is 11.4 Å². The quantitative estimate of drug-likeness (QED) is 0.438. The number of anilines is 2. The lowest BCUT2D eigenvalue weighted by Gasteiger charge is -2.12. The second-order valence-corrected chi connectivity index (χ2v) is 10.1. The highest BCUT2D eigenvalue weighted by atomic mass is 32.2. The second-order valence-electron chi connectivity index (χ2n) is 8.40. The van der Waals surface area contributed by atoms with E-state index in [0.29, 0.717) is 23.5 Å². The minimum atomic E-state index is -3.78. The Hall–Kier alpha value is -3.65. The summed E-state index contributed by atoms with van der Waals surface area (Å²) >= 11 is 0. The molecule has 0 fully saturated rings. The van der Waals surface area contributed by atoms with E-state index in [1.807, 2.05) is 45.9 Å². The van der Waals surface area contributed by atoms with Gasteiger partial charge in [0.05, 0.1) is 10.6 Å². The maximum atomic E-state index is 12.8. The lowest BCUT2D eigenvalue weighted by Crippen LogP contribution is -2.23. The predicted molar refractivity (Wildman–Crippen MR) is 134 cm³/mol. The highest BCUT2D eigenvalue weighted by Gasteiger charge is 2.17. The monoisotopic (exact) mass is 479 g/mol. The summed E-state index contributed by atoms with van der Waals surface area (Å²) in [6, 6.07) is 18.4. The minimum Gasteiger partial charge on any atom is -0.348 e. The van der Waals surface area contributed by atoms with Gasteiger partial charge >= 0.3 is 0 Å². The van der Waals surface area contributed by atoms with Gasteiger partial charge in [-0.15, -0.1) is 0 Å². The summed E-state index contributed by atoms with van der Waals surface area (Å²) in [5.74, 6) is -0.484. The van der Waals surface area contributed by atoms with Gasteiger partial charge in [0.2, 0.25) is 5.91 Å². The van der Waals surface area contributed by atoms with Gasteiger partial charge in [0.1, 0.15) is 0 Å². The fourth-order valence-corrected chi connectivity index (χ4v) is 4.25. The topological polar surface area (TPSA) is 104 Å². The molecular weight excluding hydrogens is 450 g/mol. The molecule has 0 spiro atoms. The molecule has 178 valence electrons. The summed E-state index contributed by atoms with van der Waals surface area (Å²) in [5.41, 5.74) is 4.29. The van der Waals surface area contributed by atoms with E-state index in [0.717, 1.165) is 16.7 Å². The summed E-state index contributed by atoms with van der Waals surface area (Å²) in [4.78, 5) is 24.3. The molecule has 0 unspecified atom stereocenters. The van der Waals surface area contributed by atoms with E-state index >= 15 is 0 Å². The van der Waals surface area contributed by atoms with Crippen LogP contribution in [0, 0.1) is 19.8 Å². The van der Waals surface area contributed by atoms with Gasteiger partial charge in [-0.25, -0.2) is 8.42 Å². The highest BCUT2D eigenvalue weighted by molar-refractivity contribution is 7.92. The molecule has 3 aromatic rings. The van der Waals surface area contributed by atoms with Crippen LogP contribution in [0.15, 0.2) is 71.6 Å². The fraction of sp³-hybridized carbons (Fsp3) is 0.231. The Kier molecular flexibility index (Phi) is 7.73. The number of amides is 2. The summed E-state index contributed by atoms with van der Waals surface area (Å²) in [6.07, 6.45) is 0. The molecule has 8 heteroatoms. The molecule has 3 rings (SSSR count). The number of carbonyl (C=O) groups excluding carboxylic acids is 2. The first-order chi connectivity index (χ1) is 16.1. The first-order valence-corrected chi connectivity index (χ1v) is 12.4. The highest BCUT2D eigenvalue weighted by Crippen LogP contribution is 2.22.